The lowest BCUT2D eigenvalue weighted by Crippen LogP contribution is -2.21. The van der Waals surface area contributed by atoms with Gasteiger partial charge in [-0.1, -0.05) is 0 Å². The van der Waals surface area contributed by atoms with E-state index in [0.717, 1.165) is 18.5 Å². The molecule has 0 aromatic heterocycles. The molecule has 1 atom stereocenters. The van der Waals surface area contributed by atoms with Crippen molar-refractivity contribution in [1.29, 1.82) is 0 Å². The third-order valence-corrected chi connectivity index (χ3v) is 2.63. The summed E-state index contributed by atoms with van der Waals surface area (Å²) in [6.45, 7) is 2.17. The zero-order valence-electron chi connectivity index (χ0n) is 8.49. The molecule has 0 saturated carbocycles. The molecule has 0 aliphatic carbocycles. The highest BCUT2D eigenvalue weighted by atomic mass is 19.1. The van der Waals surface area contributed by atoms with Crippen LogP contribution in [0.3, 0.4) is 0 Å². The molecule has 0 spiro atoms. The second-order valence-electron chi connectivity index (χ2n) is 4.07. The van der Waals surface area contributed by atoms with Crippen LogP contribution >= 0.6 is 0 Å². The minimum Gasteiger partial charge on any atom is -0.399 e. The molecular weight excluding hydrogens is 195 g/mol. The van der Waals surface area contributed by atoms with Gasteiger partial charge in [0, 0.05) is 25.3 Å². The third-order valence-electron chi connectivity index (χ3n) is 2.63. The van der Waals surface area contributed by atoms with E-state index in [1.54, 1.807) is 6.07 Å². The number of hydrogen-bond donors (Lipinski definition) is 2. The van der Waals surface area contributed by atoms with E-state index in [4.69, 9.17) is 5.73 Å². The molecule has 1 unspecified atom stereocenters. The fourth-order valence-electron chi connectivity index (χ4n) is 1.98. The number of hydrogen-bond acceptors (Lipinski definition) is 3. The second-order valence-corrected chi connectivity index (χ2v) is 4.07. The maximum atomic E-state index is 13.0. The van der Waals surface area contributed by atoms with Crippen molar-refractivity contribution >= 4 is 5.69 Å². The zero-order chi connectivity index (χ0) is 10.8. The third kappa shape index (κ3) is 2.67. The molecule has 1 fully saturated rings. The van der Waals surface area contributed by atoms with E-state index in [1.165, 1.54) is 12.1 Å². The lowest BCUT2D eigenvalue weighted by molar-refractivity contribution is 0.175. The van der Waals surface area contributed by atoms with Gasteiger partial charge in [-0.25, -0.2) is 4.39 Å². The van der Waals surface area contributed by atoms with E-state index >= 15 is 0 Å². The Morgan fingerprint density at radius 1 is 1.47 bits per heavy atom. The predicted molar refractivity (Wildman–Crippen MR) is 56.7 cm³/mol. The Morgan fingerprint density at radius 3 is 2.87 bits per heavy atom. The van der Waals surface area contributed by atoms with Gasteiger partial charge in [-0.3, -0.25) is 4.90 Å². The van der Waals surface area contributed by atoms with Gasteiger partial charge in [-0.2, -0.15) is 0 Å². The molecule has 0 bridgehead atoms. The summed E-state index contributed by atoms with van der Waals surface area (Å²) in [5, 5.41) is 9.35. The van der Waals surface area contributed by atoms with Gasteiger partial charge in [0.2, 0.25) is 0 Å². The quantitative estimate of drug-likeness (QED) is 0.715. The summed E-state index contributed by atoms with van der Waals surface area (Å²) < 4.78 is 13.0. The van der Waals surface area contributed by atoms with Gasteiger partial charge in [-0.15, -0.1) is 0 Å². The average molecular weight is 210 g/mol. The van der Waals surface area contributed by atoms with E-state index < -0.39 is 0 Å². The van der Waals surface area contributed by atoms with Crippen LogP contribution in [0, 0.1) is 5.82 Å². The van der Waals surface area contributed by atoms with Gasteiger partial charge >= 0.3 is 0 Å². The van der Waals surface area contributed by atoms with Crippen LogP contribution in [0.5, 0.6) is 0 Å². The molecule has 1 heterocycles. The van der Waals surface area contributed by atoms with E-state index in [2.05, 4.69) is 4.90 Å². The fourth-order valence-corrected chi connectivity index (χ4v) is 1.98. The molecule has 4 heteroatoms. The lowest BCUT2D eigenvalue weighted by atomic mass is 10.2. The molecule has 1 aliphatic rings. The monoisotopic (exact) mass is 210 g/mol. The molecular formula is C11H15FN2O. The number of benzene rings is 1. The van der Waals surface area contributed by atoms with E-state index in [0.29, 0.717) is 18.8 Å². The fraction of sp³-hybridized carbons (Fsp3) is 0.455. The Morgan fingerprint density at radius 2 is 2.27 bits per heavy atom. The van der Waals surface area contributed by atoms with Crippen molar-refractivity contribution in [2.24, 2.45) is 0 Å². The maximum absolute atomic E-state index is 13.0. The number of anilines is 1. The van der Waals surface area contributed by atoms with Crippen molar-refractivity contribution in [3.05, 3.63) is 29.6 Å². The lowest BCUT2D eigenvalue weighted by Gasteiger charge is -2.15. The average Bonchev–Trinajstić information content (AvgIpc) is 2.49. The van der Waals surface area contributed by atoms with Crippen LogP contribution in [0.15, 0.2) is 18.2 Å². The van der Waals surface area contributed by atoms with Crippen molar-refractivity contribution in [2.75, 3.05) is 18.8 Å². The van der Waals surface area contributed by atoms with Crippen LogP contribution < -0.4 is 5.73 Å². The van der Waals surface area contributed by atoms with Gasteiger partial charge < -0.3 is 10.8 Å². The topological polar surface area (TPSA) is 49.5 Å². The summed E-state index contributed by atoms with van der Waals surface area (Å²) in [6, 6.07) is 4.57. The van der Waals surface area contributed by atoms with Gasteiger partial charge in [0.05, 0.1) is 6.10 Å². The molecule has 0 radical (unpaired) electrons. The van der Waals surface area contributed by atoms with Crippen LogP contribution in [-0.4, -0.2) is 29.2 Å². The summed E-state index contributed by atoms with van der Waals surface area (Å²) in [7, 11) is 0. The van der Waals surface area contributed by atoms with Gasteiger partial charge in [0.25, 0.3) is 0 Å². The van der Waals surface area contributed by atoms with Crippen molar-refractivity contribution in [3.8, 4) is 0 Å². The number of likely N-dealkylation sites (tertiary alicyclic amines) is 1. The Kier molecular flexibility index (Phi) is 2.88. The van der Waals surface area contributed by atoms with Crippen LogP contribution in [0.2, 0.25) is 0 Å². The predicted octanol–water partition coefficient (Wildman–Crippen LogP) is 0.975. The standard InChI is InChI=1S/C11H15FN2O/c12-9-3-8(4-10(13)5-9)6-14-2-1-11(15)7-14/h3-5,11,15H,1-2,6-7,13H2. The Hall–Kier alpha value is -1.13. The summed E-state index contributed by atoms with van der Waals surface area (Å²) in [5.74, 6) is -0.301. The number of β-amino-alcohol motifs (C(OH)–C–C–N with tert-alkyl or cyclic N) is 1. The van der Waals surface area contributed by atoms with Gasteiger partial charge in [0.1, 0.15) is 5.82 Å². The molecule has 1 aromatic carbocycles. The van der Waals surface area contributed by atoms with Crippen molar-refractivity contribution in [3.63, 3.8) is 0 Å². The summed E-state index contributed by atoms with van der Waals surface area (Å²) in [6.07, 6.45) is 0.557. The van der Waals surface area contributed by atoms with Crippen LogP contribution in [-0.2, 0) is 6.54 Å². The first-order valence-corrected chi connectivity index (χ1v) is 5.09. The molecule has 1 aliphatic heterocycles. The first-order valence-electron chi connectivity index (χ1n) is 5.09. The van der Waals surface area contributed by atoms with Crippen molar-refractivity contribution in [1.82, 2.24) is 4.90 Å². The molecule has 15 heavy (non-hydrogen) atoms. The summed E-state index contributed by atoms with van der Waals surface area (Å²) in [4.78, 5) is 2.10. The van der Waals surface area contributed by atoms with Crippen LogP contribution in [0.4, 0.5) is 10.1 Å². The minimum absolute atomic E-state index is 0.240. The van der Waals surface area contributed by atoms with Crippen molar-refractivity contribution in [2.45, 2.75) is 19.1 Å². The normalized spacial score (nSPS) is 22.1. The van der Waals surface area contributed by atoms with E-state index in [-0.39, 0.29) is 11.9 Å². The molecule has 2 rings (SSSR count). The number of halogens is 1. The zero-order valence-corrected chi connectivity index (χ0v) is 8.49. The molecule has 3 nitrogen and oxygen atoms in total. The Labute approximate surface area is 88.3 Å². The van der Waals surface area contributed by atoms with Gasteiger partial charge in [-0.05, 0) is 30.2 Å². The number of aliphatic hydroxyl groups excluding tert-OH is 1. The minimum atomic E-state index is -0.301. The number of nitrogens with zero attached hydrogens (tertiary/aromatic N) is 1. The highest BCUT2D eigenvalue weighted by molar-refractivity contribution is 5.41. The van der Waals surface area contributed by atoms with Crippen molar-refractivity contribution < 1.29 is 9.50 Å². The number of aliphatic hydroxyl groups is 1. The number of rotatable bonds is 2. The van der Waals surface area contributed by atoms with E-state index in [1.807, 2.05) is 0 Å². The Bertz CT molecular complexity index is 336. The summed E-state index contributed by atoms with van der Waals surface area (Å²) >= 11 is 0. The number of nitrogens with two attached hydrogens (primary N) is 1. The molecule has 82 valence electrons. The molecule has 3 N–H and O–H groups in total. The number of nitrogen functional groups attached to an aromatic ring is 1. The first kappa shape index (κ1) is 10.4. The highest BCUT2D eigenvalue weighted by Gasteiger charge is 2.20. The molecule has 1 saturated heterocycles. The SMILES string of the molecule is Nc1cc(F)cc(CN2CCC(O)C2)c1. The smallest absolute Gasteiger partial charge is 0.125 e. The van der Waals surface area contributed by atoms with Crippen LogP contribution in [0.1, 0.15) is 12.0 Å². The Balaban J connectivity index is 2.04. The van der Waals surface area contributed by atoms with Gasteiger partial charge in [0.15, 0.2) is 0 Å². The second kappa shape index (κ2) is 4.16. The highest BCUT2D eigenvalue weighted by Crippen LogP contribution is 2.16. The summed E-state index contributed by atoms with van der Waals surface area (Å²) in [5.41, 5.74) is 6.86. The largest absolute Gasteiger partial charge is 0.399 e. The van der Waals surface area contributed by atoms with Crippen LogP contribution in [0.25, 0.3) is 0 Å². The molecule has 0 amide bonds. The first-order chi connectivity index (χ1) is 7.13. The maximum Gasteiger partial charge on any atom is 0.125 e. The molecule has 1 aromatic rings. The van der Waals surface area contributed by atoms with E-state index in [9.17, 15) is 9.50 Å².